The zero-order chi connectivity index (χ0) is 13.1. The Morgan fingerprint density at radius 1 is 1.11 bits per heavy atom. The predicted molar refractivity (Wildman–Crippen MR) is 74.3 cm³/mol. The van der Waals surface area contributed by atoms with Gasteiger partial charge in [-0.25, -0.2) is 0 Å². The van der Waals surface area contributed by atoms with E-state index in [0.717, 1.165) is 22.1 Å². The van der Waals surface area contributed by atoms with Crippen molar-refractivity contribution in [2.24, 2.45) is 0 Å². The maximum atomic E-state index is 11.6. The normalized spacial score (nSPS) is 10.9. The lowest BCUT2D eigenvalue weighted by Gasteiger charge is -2.10. The number of carbonyl (C=O) groups excluding carboxylic acids is 1. The molecule has 18 heavy (non-hydrogen) atoms. The molecule has 2 heteroatoms. The zero-order valence-corrected chi connectivity index (χ0v) is 11.1. The molecule has 0 fully saturated rings. The molecule has 0 atom stereocenters. The van der Waals surface area contributed by atoms with Crippen molar-refractivity contribution in [3.8, 4) is 5.75 Å². The molecule has 2 nitrogen and oxygen atoms in total. The first-order valence-corrected chi connectivity index (χ1v) is 6.34. The van der Waals surface area contributed by atoms with Crippen molar-refractivity contribution < 1.29 is 9.53 Å². The molecule has 0 saturated carbocycles. The highest BCUT2D eigenvalue weighted by molar-refractivity contribution is 5.99. The average Bonchev–Trinajstić information content (AvgIpc) is 2.36. The Labute approximate surface area is 108 Å². The van der Waals surface area contributed by atoms with Crippen LogP contribution >= 0.6 is 0 Å². The van der Waals surface area contributed by atoms with Crippen LogP contribution in [-0.4, -0.2) is 11.9 Å². The number of rotatable bonds is 4. The van der Waals surface area contributed by atoms with Crippen LogP contribution in [0.4, 0.5) is 0 Å². The van der Waals surface area contributed by atoms with E-state index in [1.54, 1.807) is 0 Å². The molecule has 0 aliphatic heterocycles. The number of hydrogen-bond donors (Lipinski definition) is 0. The molecular formula is C16H18O2. The summed E-state index contributed by atoms with van der Waals surface area (Å²) in [5.41, 5.74) is 0.780. The number of fused-ring (bicyclic) bond motifs is 1. The van der Waals surface area contributed by atoms with Crippen molar-refractivity contribution in [1.29, 1.82) is 0 Å². The van der Waals surface area contributed by atoms with Gasteiger partial charge >= 0.3 is 0 Å². The van der Waals surface area contributed by atoms with Crippen LogP contribution in [0, 0.1) is 0 Å². The van der Waals surface area contributed by atoms with Gasteiger partial charge in [-0.05, 0) is 42.8 Å². The third-order valence-electron chi connectivity index (χ3n) is 2.83. The Kier molecular flexibility index (Phi) is 3.66. The summed E-state index contributed by atoms with van der Waals surface area (Å²) in [4.78, 5) is 11.6. The average molecular weight is 242 g/mol. The van der Waals surface area contributed by atoms with E-state index in [-0.39, 0.29) is 11.9 Å². The molecule has 0 radical (unpaired) electrons. The number of ether oxygens (including phenoxy) is 1. The number of ketones is 1. The lowest BCUT2D eigenvalue weighted by Crippen LogP contribution is -2.05. The van der Waals surface area contributed by atoms with Gasteiger partial charge in [0, 0.05) is 12.0 Å². The van der Waals surface area contributed by atoms with E-state index in [2.05, 4.69) is 0 Å². The molecular weight excluding hydrogens is 224 g/mol. The zero-order valence-electron chi connectivity index (χ0n) is 11.1. The van der Waals surface area contributed by atoms with Gasteiger partial charge in [-0.3, -0.25) is 4.79 Å². The fourth-order valence-electron chi connectivity index (χ4n) is 1.95. The van der Waals surface area contributed by atoms with Gasteiger partial charge in [0.1, 0.15) is 5.75 Å². The van der Waals surface area contributed by atoms with Gasteiger partial charge in [-0.2, -0.15) is 0 Å². The summed E-state index contributed by atoms with van der Waals surface area (Å²) in [5.74, 6) is 1.05. The quantitative estimate of drug-likeness (QED) is 0.750. The molecule has 0 heterocycles. The van der Waals surface area contributed by atoms with Crippen molar-refractivity contribution in [1.82, 2.24) is 0 Å². The van der Waals surface area contributed by atoms with Gasteiger partial charge in [-0.15, -0.1) is 0 Å². The number of benzene rings is 2. The lowest BCUT2D eigenvalue weighted by atomic mass is 10.0. The van der Waals surface area contributed by atoms with E-state index in [1.165, 1.54) is 0 Å². The van der Waals surface area contributed by atoms with E-state index >= 15 is 0 Å². The highest BCUT2D eigenvalue weighted by Crippen LogP contribution is 2.23. The largest absolute Gasteiger partial charge is 0.491 e. The molecule has 2 aromatic carbocycles. The van der Waals surface area contributed by atoms with Crippen molar-refractivity contribution in [2.75, 3.05) is 0 Å². The Hall–Kier alpha value is -1.83. The van der Waals surface area contributed by atoms with E-state index in [1.807, 2.05) is 57.2 Å². The number of hydrogen-bond acceptors (Lipinski definition) is 2. The Balaban J connectivity index is 2.39. The predicted octanol–water partition coefficient (Wildman–Crippen LogP) is 4.22. The topological polar surface area (TPSA) is 26.3 Å². The van der Waals surface area contributed by atoms with Gasteiger partial charge < -0.3 is 4.74 Å². The minimum absolute atomic E-state index is 0.170. The van der Waals surface area contributed by atoms with Gasteiger partial charge in [0.05, 0.1) is 6.10 Å². The summed E-state index contributed by atoms with van der Waals surface area (Å²) in [6, 6.07) is 11.8. The van der Waals surface area contributed by atoms with Crippen LogP contribution < -0.4 is 4.74 Å². The molecule has 0 aliphatic carbocycles. The summed E-state index contributed by atoms with van der Waals surface area (Å²) in [7, 11) is 0. The van der Waals surface area contributed by atoms with Crippen LogP contribution in [0.25, 0.3) is 10.8 Å². The number of carbonyl (C=O) groups is 1. The molecule has 0 N–H and O–H groups in total. The summed E-state index contributed by atoms with van der Waals surface area (Å²) in [5, 5.41) is 2.17. The maximum absolute atomic E-state index is 11.6. The van der Waals surface area contributed by atoms with Crippen molar-refractivity contribution in [3.05, 3.63) is 42.0 Å². The molecule has 0 bridgehead atoms. The molecule has 0 aromatic heterocycles. The van der Waals surface area contributed by atoms with Gasteiger partial charge in [-0.1, -0.05) is 25.1 Å². The summed E-state index contributed by atoms with van der Waals surface area (Å²) < 4.78 is 5.65. The standard InChI is InChI=1S/C16H18O2/c1-4-16(17)14-6-5-13-10-15(18-11(2)3)8-7-12(13)9-14/h5-11H,4H2,1-3H3. The molecule has 0 aliphatic rings. The second kappa shape index (κ2) is 5.21. The highest BCUT2D eigenvalue weighted by Gasteiger charge is 2.05. The van der Waals surface area contributed by atoms with Crippen LogP contribution in [0.5, 0.6) is 5.75 Å². The van der Waals surface area contributed by atoms with Gasteiger partial charge in [0.2, 0.25) is 0 Å². The van der Waals surface area contributed by atoms with Crippen molar-refractivity contribution in [2.45, 2.75) is 33.3 Å². The highest BCUT2D eigenvalue weighted by atomic mass is 16.5. The second-order valence-electron chi connectivity index (χ2n) is 4.67. The maximum Gasteiger partial charge on any atom is 0.162 e. The first-order chi connectivity index (χ1) is 8.60. The SMILES string of the molecule is CCC(=O)c1ccc2cc(OC(C)C)ccc2c1. The van der Waals surface area contributed by atoms with Crippen molar-refractivity contribution >= 4 is 16.6 Å². The summed E-state index contributed by atoms with van der Waals surface area (Å²) >= 11 is 0. The van der Waals surface area contributed by atoms with Crippen LogP contribution in [0.3, 0.4) is 0 Å². The van der Waals surface area contributed by atoms with Gasteiger partial charge in [0.25, 0.3) is 0 Å². The third-order valence-corrected chi connectivity index (χ3v) is 2.83. The Morgan fingerprint density at radius 3 is 2.44 bits per heavy atom. The molecule has 0 saturated heterocycles. The van der Waals surface area contributed by atoms with E-state index in [4.69, 9.17) is 4.74 Å². The molecule has 94 valence electrons. The van der Waals surface area contributed by atoms with Crippen LogP contribution in [0.2, 0.25) is 0 Å². The molecule has 2 rings (SSSR count). The fraction of sp³-hybridized carbons (Fsp3) is 0.312. The monoisotopic (exact) mass is 242 g/mol. The lowest BCUT2D eigenvalue weighted by molar-refractivity contribution is 0.0988. The fourth-order valence-corrected chi connectivity index (χ4v) is 1.95. The van der Waals surface area contributed by atoms with E-state index in [9.17, 15) is 4.79 Å². The second-order valence-corrected chi connectivity index (χ2v) is 4.67. The summed E-state index contributed by atoms with van der Waals surface area (Å²) in [6.07, 6.45) is 0.712. The minimum atomic E-state index is 0.170. The minimum Gasteiger partial charge on any atom is -0.491 e. The molecule has 2 aromatic rings. The molecule has 0 unspecified atom stereocenters. The van der Waals surface area contributed by atoms with Crippen LogP contribution in [0.1, 0.15) is 37.6 Å². The smallest absolute Gasteiger partial charge is 0.162 e. The van der Waals surface area contributed by atoms with E-state index in [0.29, 0.717) is 6.42 Å². The summed E-state index contributed by atoms with van der Waals surface area (Å²) in [6.45, 7) is 5.90. The molecule has 0 amide bonds. The molecule has 0 spiro atoms. The Morgan fingerprint density at radius 2 is 1.78 bits per heavy atom. The Bertz CT molecular complexity index is 570. The number of Topliss-reactive ketones (excluding diaryl/α,β-unsaturated/α-hetero) is 1. The first-order valence-electron chi connectivity index (χ1n) is 6.34. The van der Waals surface area contributed by atoms with E-state index < -0.39 is 0 Å². The van der Waals surface area contributed by atoms with Crippen molar-refractivity contribution in [3.63, 3.8) is 0 Å². The van der Waals surface area contributed by atoms with Crippen LogP contribution in [-0.2, 0) is 0 Å². The third kappa shape index (κ3) is 2.70. The van der Waals surface area contributed by atoms with Gasteiger partial charge in [0.15, 0.2) is 5.78 Å². The first kappa shape index (κ1) is 12.6. The van der Waals surface area contributed by atoms with Crippen LogP contribution in [0.15, 0.2) is 36.4 Å².